The van der Waals surface area contributed by atoms with E-state index in [0.29, 0.717) is 11.5 Å². The first kappa shape index (κ1) is 23.6. The van der Waals surface area contributed by atoms with Gasteiger partial charge in [0.25, 0.3) is 0 Å². The molecule has 1 N–H and O–H groups in total. The van der Waals surface area contributed by atoms with Crippen molar-refractivity contribution in [2.24, 2.45) is 0 Å². The molecular weight excluding hydrogens is 446 g/mol. The van der Waals surface area contributed by atoms with E-state index in [1.807, 2.05) is 6.07 Å². The summed E-state index contributed by atoms with van der Waals surface area (Å²) < 4.78 is 2.45. The molecule has 3 aromatic rings. The van der Waals surface area contributed by atoms with E-state index < -0.39 is 5.97 Å². The first-order valence-corrected chi connectivity index (χ1v) is 14.2. The number of likely N-dealkylation sites (tertiary alicyclic amines) is 1. The molecule has 0 radical (unpaired) electrons. The van der Waals surface area contributed by atoms with Crippen LogP contribution in [0.15, 0.2) is 42.5 Å². The molecule has 1 saturated heterocycles. The van der Waals surface area contributed by atoms with Crippen molar-refractivity contribution >= 4 is 22.6 Å². The number of carboxylic acids is 1. The third-order valence-corrected chi connectivity index (χ3v) is 8.81. The van der Waals surface area contributed by atoms with E-state index in [9.17, 15) is 9.90 Å². The number of aromatic carboxylic acids is 1. The van der Waals surface area contributed by atoms with E-state index in [1.165, 1.54) is 105 Å². The molecule has 1 saturated carbocycles. The zero-order valence-electron chi connectivity index (χ0n) is 21.4. The van der Waals surface area contributed by atoms with Crippen molar-refractivity contribution in [3.63, 3.8) is 0 Å². The summed E-state index contributed by atoms with van der Waals surface area (Å²) in [6.07, 6.45) is 11.6. The summed E-state index contributed by atoms with van der Waals surface area (Å²) in [6, 6.07) is 14.8. The van der Waals surface area contributed by atoms with Crippen LogP contribution in [0.1, 0.15) is 79.6 Å². The molecule has 5 nitrogen and oxygen atoms in total. The van der Waals surface area contributed by atoms with E-state index in [1.54, 1.807) is 6.07 Å². The van der Waals surface area contributed by atoms with Crippen molar-refractivity contribution in [1.82, 2.24) is 9.47 Å². The summed E-state index contributed by atoms with van der Waals surface area (Å²) in [4.78, 5) is 17.1. The largest absolute Gasteiger partial charge is 0.478 e. The lowest BCUT2D eigenvalue weighted by atomic mass is 9.81. The van der Waals surface area contributed by atoms with E-state index in [-0.39, 0.29) is 0 Å². The van der Waals surface area contributed by atoms with Gasteiger partial charge in [-0.2, -0.15) is 0 Å². The van der Waals surface area contributed by atoms with Crippen molar-refractivity contribution in [3.8, 4) is 11.3 Å². The molecule has 0 amide bonds. The highest BCUT2D eigenvalue weighted by atomic mass is 16.4. The number of piperidine rings is 1. The minimum absolute atomic E-state index is 0.383. The number of carboxylic acid groups (broad SMARTS) is 1. The Hall–Kier alpha value is -2.79. The van der Waals surface area contributed by atoms with Crippen LogP contribution in [0.5, 0.6) is 0 Å². The second-order valence-electron chi connectivity index (χ2n) is 11.0. The van der Waals surface area contributed by atoms with Crippen molar-refractivity contribution < 1.29 is 9.90 Å². The fourth-order valence-electron chi connectivity index (χ4n) is 7.03. The van der Waals surface area contributed by atoms with Crippen LogP contribution in [-0.2, 0) is 6.54 Å². The molecule has 36 heavy (non-hydrogen) atoms. The van der Waals surface area contributed by atoms with Crippen LogP contribution in [-0.4, -0.2) is 53.3 Å². The number of benzene rings is 2. The minimum atomic E-state index is -0.847. The van der Waals surface area contributed by atoms with E-state index in [0.717, 1.165) is 25.2 Å². The van der Waals surface area contributed by atoms with Gasteiger partial charge in [-0.1, -0.05) is 49.9 Å². The molecule has 2 aromatic carbocycles. The zero-order valence-corrected chi connectivity index (χ0v) is 21.4. The molecule has 0 bridgehead atoms. The van der Waals surface area contributed by atoms with Gasteiger partial charge in [-0.15, -0.1) is 0 Å². The normalized spacial score (nSPS) is 19.2. The van der Waals surface area contributed by atoms with Gasteiger partial charge in [-0.05, 0) is 81.4 Å². The average molecular weight is 486 g/mol. The van der Waals surface area contributed by atoms with Gasteiger partial charge in [0.15, 0.2) is 0 Å². The average Bonchev–Trinajstić information content (AvgIpc) is 3.16. The molecular formula is C31H39N3O2. The number of aromatic nitrogens is 1. The van der Waals surface area contributed by atoms with E-state index in [4.69, 9.17) is 0 Å². The topological polar surface area (TPSA) is 48.7 Å². The maximum absolute atomic E-state index is 11.9. The highest BCUT2D eigenvalue weighted by molar-refractivity contribution is 5.99. The molecule has 3 aliphatic rings. The second kappa shape index (κ2) is 10.3. The van der Waals surface area contributed by atoms with Crippen LogP contribution in [0, 0.1) is 0 Å². The number of hydrogen-bond donors (Lipinski definition) is 1. The molecule has 0 unspecified atom stereocenters. The Morgan fingerprint density at radius 3 is 2.44 bits per heavy atom. The molecule has 0 spiro atoms. The number of carbonyl (C=O) groups is 1. The number of anilines is 1. The van der Waals surface area contributed by atoms with Crippen molar-refractivity contribution in [3.05, 3.63) is 53.6 Å². The maximum Gasteiger partial charge on any atom is 0.335 e. The van der Waals surface area contributed by atoms with Crippen LogP contribution in [0.3, 0.4) is 0 Å². The third kappa shape index (κ3) is 4.43. The molecule has 3 heterocycles. The number of rotatable bonds is 6. The first-order valence-electron chi connectivity index (χ1n) is 14.2. The second-order valence-corrected chi connectivity index (χ2v) is 11.0. The summed E-state index contributed by atoms with van der Waals surface area (Å²) in [7, 11) is 0. The summed E-state index contributed by atoms with van der Waals surface area (Å²) >= 11 is 0. The Morgan fingerprint density at radius 2 is 1.64 bits per heavy atom. The third-order valence-electron chi connectivity index (χ3n) is 8.81. The number of hydrogen-bond acceptors (Lipinski definition) is 3. The molecule has 1 aliphatic carbocycles. The van der Waals surface area contributed by atoms with Gasteiger partial charge in [0, 0.05) is 41.8 Å². The smallest absolute Gasteiger partial charge is 0.335 e. The van der Waals surface area contributed by atoms with Gasteiger partial charge in [-0.3, -0.25) is 0 Å². The Morgan fingerprint density at radius 1 is 0.861 bits per heavy atom. The molecule has 1 aromatic heterocycles. The van der Waals surface area contributed by atoms with Crippen molar-refractivity contribution in [1.29, 1.82) is 0 Å². The Kier molecular flexibility index (Phi) is 6.75. The van der Waals surface area contributed by atoms with E-state index >= 15 is 0 Å². The fraction of sp³-hybridized carbons (Fsp3) is 0.516. The Labute approximate surface area is 214 Å². The summed E-state index contributed by atoms with van der Waals surface area (Å²) in [5, 5.41) is 11.0. The molecule has 5 heteroatoms. The van der Waals surface area contributed by atoms with Crippen molar-refractivity contribution in [2.75, 3.05) is 37.6 Å². The SMILES string of the molecule is O=C(O)c1ccc2c(C3CCCCC3)c3n(c2c1)CCN(CCCN1CCCCC1)c1ccccc1-3. The number of fused-ring (bicyclic) bond motifs is 5. The summed E-state index contributed by atoms with van der Waals surface area (Å²) in [6.45, 7) is 6.60. The quantitative estimate of drug-likeness (QED) is 0.420. The molecule has 190 valence electrons. The predicted molar refractivity (Wildman–Crippen MR) is 147 cm³/mol. The maximum atomic E-state index is 11.9. The standard InChI is InChI=1S/C31H39N3O2/c35-31(36)24-14-15-25-28(22-24)34-21-20-33(19-9-18-32-16-7-2-8-17-32)27-13-6-5-12-26(27)30(34)29(25)23-10-3-1-4-11-23/h5-6,12-15,22-23H,1-4,7-11,16-21H2,(H,35,36). The van der Waals surface area contributed by atoms with E-state index in [2.05, 4.69) is 44.7 Å². The van der Waals surface area contributed by atoms with Crippen LogP contribution in [0.4, 0.5) is 5.69 Å². The number of para-hydroxylation sites is 1. The highest BCUT2D eigenvalue weighted by Gasteiger charge is 2.30. The van der Waals surface area contributed by atoms with Crippen LogP contribution in [0.2, 0.25) is 0 Å². The minimum Gasteiger partial charge on any atom is -0.478 e. The van der Waals surface area contributed by atoms with Crippen LogP contribution in [0.25, 0.3) is 22.2 Å². The van der Waals surface area contributed by atoms with Crippen molar-refractivity contribution in [2.45, 2.75) is 70.3 Å². The lowest BCUT2D eigenvalue weighted by Gasteiger charge is -2.29. The highest BCUT2D eigenvalue weighted by Crippen LogP contribution is 2.47. The zero-order chi connectivity index (χ0) is 24.5. The molecule has 0 atom stereocenters. The van der Waals surface area contributed by atoms with Gasteiger partial charge < -0.3 is 19.5 Å². The number of nitrogens with zero attached hydrogens (tertiary/aromatic N) is 3. The van der Waals surface area contributed by atoms with Gasteiger partial charge in [0.1, 0.15) is 0 Å². The van der Waals surface area contributed by atoms with Gasteiger partial charge >= 0.3 is 5.97 Å². The predicted octanol–water partition coefficient (Wildman–Crippen LogP) is 6.75. The summed E-state index contributed by atoms with van der Waals surface area (Å²) in [5.74, 6) is -0.299. The fourth-order valence-corrected chi connectivity index (χ4v) is 7.03. The van der Waals surface area contributed by atoms with Crippen LogP contribution < -0.4 is 4.90 Å². The Bertz CT molecular complexity index is 1230. The van der Waals surface area contributed by atoms with Gasteiger partial charge in [-0.25, -0.2) is 4.79 Å². The summed E-state index contributed by atoms with van der Waals surface area (Å²) in [5.41, 5.74) is 6.94. The monoisotopic (exact) mass is 485 g/mol. The molecule has 2 aliphatic heterocycles. The first-order chi connectivity index (χ1) is 17.7. The lowest BCUT2D eigenvalue weighted by molar-refractivity contribution is 0.0697. The lowest BCUT2D eigenvalue weighted by Crippen LogP contribution is -2.34. The van der Waals surface area contributed by atoms with Gasteiger partial charge in [0.2, 0.25) is 0 Å². The van der Waals surface area contributed by atoms with Gasteiger partial charge in [0.05, 0.1) is 11.3 Å². The van der Waals surface area contributed by atoms with Crippen LogP contribution >= 0.6 is 0 Å². The molecule has 2 fully saturated rings. The Balaban J connectivity index is 1.40. The molecule has 6 rings (SSSR count).